The predicted octanol–water partition coefficient (Wildman–Crippen LogP) is 5.76. The van der Waals surface area contributed by atoms with E-state index in [1.54, 1.807) is 11.3 Å². The molecule has 102 valence electrons. The monoisotopic (exact) mass is 376 g/mol. The number of alkyl halides is 2. The standard InChI is InChI=1S/C15H15BrCl2S/c16-14-7-6-13(19-14)9-15(10-17,11-18)8-12-4-2-1-3-5-12/h1-7H,8-11H2. The second kappa shape index (κ2) is 7.12. The van der Waals surface area contributed by atoms with Crippen molar-refractivity contribution in [2.24, 2.45) is 5.41 Å². The minimum absolute atomic E-state index is 0.0746. The van der Waals surface area contributed by atoms with E-state index in [2.05, 4.69) is 52.3 Å². The molecule has 0 saturated carbocycles. The van der Waals surface area contributed by atoms with Crippen molar-refractivity contribution in [3.8, 4) is 0 Å². The van der Waals surface area contributed by atoms with E-state index in [4.69, 9.17) is 23.2 Å². The van der Waals surface area contributed by atoms with Crippen LogP contribution in [0.25, 0.3) is 0 Å². The van der Waals surface area contributed by atoms with Gasteiger partial charge in [-0.1, -0.05) is 30.3 Å². The van der Waals surface area contributed by atoms with E-state index in [0.29, 0.717) is 11.8 Å². The van der Waals surface area contributed by atoms with Crippen LogP contribution in [0, 0.1) is 5.41 Å². The van der Waals surface area contributed by atoms with Crippen LogP contribution >= 0.6 is 50.5 Å². The highest BCUT2D eigenvalue weighted by Gasteiger charge is 2.29. The molecule has 19 heavy (non-hydrogen) atoms. The van der Waals surface area contributed by atoms with E-state index in [-0.39, 0.29) is 5.41 Å². The fourth-order valence-electron chi connectivity index (χ4n) is 2.13. The third-order valence-electron chi connectivity index (χ3n) is 3.17. The van der Waals surface area contributed by atoms with Gasteiger partial charge in [0.15, 0.2) is 0 Å². The molecule has 0 nitrogen and oxygen atoms in total. The summed E-state index contributed by atoms with van der Waals surface area (Å²) in [5.74, 6) is 1.14. The molecule has 1 aromatic carbocycles. The molecular weight excluding hydrogens is 363 g/mol. The van der Waals surface area contributed by atoms with E-state index in [9.17, 15) is 0 Å². The van der Waals surface area contributed by atoms with Crippen molar-refractivity contribution in [1.29, 1.82) is 0 Å². The molecule has 0 aliphatic rings. The first kappa shape index (κ1) is 15.4. The predicted molar refractivity (Wildman–Crippen MR) is 89.7 cm³/mol. The van der Waals surface area contributed by atoms with Crippen LogP contribution in [0.5, 0.6) is 0 Å². The first-order valence-corrected chi connectivity index (χ1v) is 8.75. The molecule has 0 aliphatic heterocycles. The van der Waals surface area contributed by atoms with Crippen LogP contribution in [0.15, 0.2) is 46.3 Å². The van der Waals surface area contributed by atoms with Gasteiger partial charge in [-0.15, -0.1) is 34.5 Å². The fraction of sp³-hybridized carbons (Fsp3) is 0.333. The van der Waals surface area contributed by atoms with E-state index in [1.807, 2.05) is 6.07 Å². The number of hydrogen-bond acceptors (Lipinski definition) is 1. The molecule has 0 fully saturated rings. The van der Waals surface area contributed by atoms with Gasteiger partial charge in [0, 0.05) is 22.1 Å². The van der Waals surface area contributed by atoms with Gasteiger partial charge < -0.3 is 0 Å². The van der Waals surface area contributed by atoms with Crippen LogP contribution in [-0.2, 0) is 12.8 Å². The Labute approximate surface area is 136 Å². The molecule has 0 aliphatic carbocycles. The second-order valence-corrected chi connectivity index (χ2v) is 7.89. The Bertz CT molecular complexity index is 506. The lowest BCUT2D eigenvalue weighted by Crippen LogP contribution is -2.30. The molecule has 0 atom stereocenters. The molecule has 4 heteroatoms. The Morgan fingerprint density at radius 2 is 1.63 bits per heavy atom. The molecule has 0 amide bonds. The highest BCUT2D eigenvalue weighted by Crippen LogP contribution is 2.34. The number of halogens is 3. The van der Waals surface area contributed by atoms with Gasteiger partial charge in [-0.2, -0.15) is 0 Å². The average molecular weight is 378 g/mol. The van der Waals surface area contributed by atoms with E-state index in [1.165, 1.54) is 10.4 Å². The van der Waals surface area contributed by atoms with Gasteiger partial charge in [0.2, 0.25) is 0 Å². The summed E-state index contributed by atoms with van der Waals surface area (Å²) in [6.45, 7) is 0. The highest BCUT2D eigenvalue weighted by atomic mass is 79.9. The van der Waals surface area contributed by atoms with Crippen LogP contribution in [0.1, 0.15) is 10.4 Å². The second-order valence-electron chi connectivity index (χ2n) is 4.81. The molecule has 1 aromatic heterocycles. The van der Waals surface area contributed by atoms with Crippen molar-refractivity contribution >= 4 is 50.5 Å². The van der Waals surface area contributed by atoms with Crippen molar-refractivity contribution in [3.05, 3.63) is 56.7 Å². The molecule has 0 unspecified atom stereocenters. The topological polar surface area (TPSA) is 0 Å². The Balaban J connectivity index is 2.17. The first-order valence-electron chi connectivity index (χ1n) is 6.07. The average Bonchev–Trinajstić information content (AvgIpc) is 2.84. The molecule has 2 rings (SSSR count). The molecule has 0 N–H and O–H groups in total. The van der Waals surface area contributed by atoms with Gasteiger partial charge in [0.05, 0.1) is 3.79 Å². The summed E-state index contributed by atoms with van der Waals surface area (Å²) in [5.41, 5.74) is 1.22. The van der Waals surface area contributed by atoms with Gasteiger partial charge in [0.1, 0.15) is 0 Å². The van der Waals surface area contributed by atoms with Crippen molar-refractivity contribution < 1.29 is 0 Å². The fourth-order valence-corrected chi connectivity index (χ4v) is 4.45. The van der Waals surface area contributed by atoms with Gasteiger partial charge >= 0.3 is 0 Å². The largest absolute Gasteiger partial charge is 0.133 e. The number of rotatable bonds is 6. The lowest BCUT2D eigenvalue weighted by molar-refractivity contribution is 0.377. The normalized spacial score (nSPS) is 11.7. The zero-order valence-electron chi connectivity index (χ0n) is 10.4. The quantitative estimate of drug-likeness (QED) is 0.561. The number of hydrogen-bond donors (Lipinski definition) is 0. The minimum Gasteiger partial charge on any atom is -0.133 e. The van der Waals surface area contributed by atoms with Gasteiger partial charge in [-0.25, -0.2) is 0 Å². The van der Waals surface area contributed by atoms with E-state index >= 15 is 0 Å². The van der Waals surface area contributed by atoms with Crippen LogP contribution in [-0.4, -0.2) is 11.8 Å². The highest BCUT2D eigenvalue weighted by molar-refractivity contribution is 9.11. The third-order valence-corrected chi connectivity index (χ3v) is 5.92. The summed E-state index contributed by atoms with van der Waals surface area (Å²) in [7, 11) is 0. The molecule has 0 saturated heterocycles. The first-order chi connectivity index (χ1) is 9.17. The summed E-state index contributed by atoms with van der Waals surface area (Å²) in [6.07, 6.45) is 1.83. The molecule has 0 radical (unpaired) electrons. The van der Waals surface area contributed by atoms with Crippen molar-refractivity contribution in [3.63, 3.8) is 0 Å². The molecule has 0 spiro atoms. The molecular formula is C15H15BrCl2S. The maximum atomic E-state index is 6.24. The summed E-state index contributed by atoms with van der Waals surface area (Å²) < 4.78 is 1.15. The lowest BCUT2D eigenvalue weighted by atomic mass is 9.81. The van der Waals surface area contributed by atoms with Crippen molar-refractivity contribution in [1.82, 2.24) is 0 Å². The van der Waals surface area contributed by atoms with Crippen molar-refractivity contribution in [2.75, 3.05) is 11.8 Å². The van der Waals surface area contributed by atoms with E-state index < -0.39 is 0 Å². The summed E-state index contributed by atoms with van der Waals surface area (Å²) in [4.78, 5) is 1.32. The van der Waals surface area contributed by atoms with Crippen molar-refractivity contribution in [2.45, 2.75) is 12.8 Å². The Morgan fingerprint density at radius 3 is 2.16 bits per heavy atom. The Kier molecular flexibility index (Phi) is 5.76. The van der Waals surface area contributed by atoms with Crippen LogP contribution in [0.2, 0.25) is 0 Å². The van der Waals surface area contributed by atoms with Crippen LogP contribution < -0.4 is 0 Å². The summed E-state index contributed by atoms with van der Waals surface area (Å²) >= 11 is 17.7. The minimum atomic E-state index is -0.0746. The Morgan fingerprint density at radius 1 is 0.947 bits per heavy atom. The maximum Gasteiger partial charge on any atom is 0.0701 e. The number of thiophene rings is 1. The van der Waals surface area contributed by atoms with Crippen LogP contribution in [0.3, 0.4) is 0 Å². The maximum absolute atomic E-state index is 6.24. The lowest BCUT2D eigenvalue weighted by Gasteiger charge is -2.29. The zero-order valence-corrected chi connectivity index (χ0v) is 14.3. The molecule has 0 bridgehead atoms. The van der Waals surface area contributed by atoms with Gasteiger partial charge in [0.25, 0.3) is 0 Å². The van der Waals surface area contributed by atoms with Gasteiger partial charge in [-0.3, -0.25) is 0 Å². The third kappa shape index (κ3) is 4.22. The summed E-state index contributed by atoms with van der Waals surface area (Å²) in [5, 5.41) is 0. The molecule has 2 aromatic rings. The SMILES string of the molecule is ClCC(CCl)(Cc1ccccc1)Cc1ccc(Br)s1. The summed E-state index contributed by atoms with van der Waals surface area (Å²) in [6, 6.07) is 14.7. The zero-order chi connectivity index (χ0) is 13.7. The smallest absolute Gasteiger partial charge is 0.0701 e. The molecule has 1 heterocycles. The van der Waals surface area contributed by atoms with E-state index in [0.717, 1.165) is 16.6 Å². The Hall–Kier alpha value is -0.0200. The number of benzene rings is 1. The van der Waals surface area contributed by atoms with Gasteiger partial charge in [-0.05, 0) is 46.5 Å². The van der Waals surface area contributed by atoms with Crippen LogP contribution in [0.4, 0.5) is 0 Å².